The zero-order chi connectivity index (χ0) is 15.7. The number of allylic oxidation sites excluding steroid dienone is 1. The first kappa shape index (κ1) is 14.7. The van der Waals surface area contributed by atoms with Gasteiger partial charge in [0.25, 0.3) is 0 Å². The van der Waals surface area contributed by atoms with E-state index in [9.17, 15) is 0 Å². The van der Waals surface area contributed by atoms with Gasteiger partial charge >= 0.3 is 0 Å². The van der Waals surface area contributed by atoms with E-state index in [0.717, 1.165) is 12.4 Å². The third-order valence-corrected chi connectivity index (χ3v) is 5.62. The second-order valence-corrected chi connectivity index (χ2v) is 6.94. The van der Waals surface area contributed by atoms with Crippen LogP contribution < -0.4 is 0 Å². The van der Waals surface area contributed by atoms with Crippen LogP contribution in [0.25, 0.3) is 6.08 Å². The molecule has 0 atom stereocenters. The Hall–Kier alpha value is -1.87. The van der Waals surface area contributed by atoms with E-state index in [1.165, 1.54) is 44.5 Å². The Morgan fingerprint density at radius 1 is 1.13 bits per heavy atom. The molecule has 1 spiro atoms. The lowest BCUT2D eigenvalue weighted by molar-refractivity contribution is 0.180. The molecule has 4 rings (SSSR count). The van der Waals surface area contributed by atoms with Crippen molar-refractivity contribution in [2.45, 2.75) is 38.1 Å². The van der Waals surface area contributed by atoms with E-state index in [1.807, 2.05) is 6.20 Å². The first-order chi connectivity index (χ1) is 11.3. The molecule has 1 aromatic carbocycles. The minimum absolute atomic E-state index is 0.314. The smallest absolute Gasteiger partial charge is 0.105 e. The summed E-state index contributed by atoms with van der Waals surface area (Å²) in [5.74, 6) is 1.12. The van der Waals surface area contributed by atoms with Gasteiger partial charge in [-0.15, -0.1) is 0 Å². The number of likely N-dealkylation sites (tertiary alicyclic amines) is 1. The summed E-state index contributed by atoms with van der Waals surface area (Å²) in [5.41, 5.74) is 3.29. The number of aryl methyl sites for hydroxylation is 2. The van der Waals surface area contributed by atoms with E-state index in [2.05, 4.69) is 64.0 Å². The molecule has 3 nitrogen and oxygen atoms in total. The Balaban J connectivity index is 1.32. The fraction of sp³-hybridized carbons (Fsp3) is 0.450. The predicted molar refractivity (Wildman–Crippen MR) is 94.4 cm³/mol. The molecular weight excluding hydrogens is 282 g/mol. The van der Waals surface area contributed by atoms with E-state index in [1.54, 1.807) is 5.56 Å². The number of hydrogen-bond acceptors (Lipinski definition) is 2. The van der Waals surface area contributed by atoms with Crippen molar-refractivity contribution in [3.05, 3.63) is 59.7 Å². The minimum atomic E-state index is 0.314. The Labute approximate surface area is 138 Å². The lowest BCUT2D eigenvalue weighted by Gasteiger charge is -2.39. The van der Waals surface area contributed by atoms with Gasteiger partial charge in [0.05, 0.1) is 0 Å². The number of imidazole rings is 1. The topological polar surface area (TPSA) is 21.1 Å². The molecular formula is C20H25N3. The highest BCUT2D eigenvalue weighted by atomic mass is 15.1. The third-order valence-electron chi connectivity index (χ3n) is 5.62. The average molecular weight is 307 g/mol. The summed E-state index contributed by atoms with van der Waals surface area (Å²) in [6.07, 6.45) is 12.5. The molecule has 0 saturated carbocycles. The number of nitrogens with zero attached hydrogens (tertiary/aromatic N) is 3. The summed E-state index contributed by atoms with van der Waals surface area (Å²) in [4.78, 5) is 6.92. The lowest BCUT2D eigenvalue weighted by Crippen LogP contribution is -2.41. The number of piperidine rings is 1. The van der Waals surface area contributed by atoms with Crippen LogP contribution in [0.5, 0.6) is 0 Å². The molecule has 1 aliphatic carbocycles. The van der Waals surface area contributed by atoms with Crippen molar-refractivity contribution < 1.29 is 0 Å². The summed E-state index contributed by atoms with van der Waals surface area (Å²) in [5, 5.41) is 0. The fourth-order valence-electron chi connectivity index (χ4n) is 4.15. The molecule has 1 aliphatic heterocycles. The molecule has 0 N–H and O–H groups in total. The number of fused-ring (bicyclic) bond motifs is 2. The Morgan fingerprint density at radius 2 is 1.96 bits per heavy atom. The van der Waals surface area contributed by atoms with Gasteiger partial charge in [0.2, 0.25) is 0 Å². The van der Waals surface area contributed by atoms with Gasteiger partial charge in [-0.1, -0.05) is 36.4 Å². The van der Waals surface area contributed by atoms with Crippen molar-refractivity contribution in [3.63, 3.8) is 0 Å². The normalized spacial score (nSPS) is 19.3. The van der Waals surface area contributed by atoms with Crippen LogP contribution in [0.15, 0.2) is 42.7 Å². The second-order valence-electron chi connectivity index (χ2n) is 6.94. The summed E-state index contributed by atoms with van der Waals surface area (Å²) >= 11 is 0. The van der Waals surface area contributed by atoms with Crippen molar-refractivity contribution in [1.29, 1.82) is 0 Å². The van der Waals surface area contributed by atoms with Crippen LogP contribution in [0.1, 0.15) is 36.2 Å². The SMILES string of the molecule is Cc1nccn1CCCN1CCC2(C=Cc3ccccc32)CC1. The van der Waals surface area contributed by atoms with Crippen molar-refractivity contribution >= 4 is 6.08 Å². The maximum absolute atomic E-state index is 4.29. The standard InChI is InChI=1S/C20H25N3/c1-17-21-11-16-23(17)13-4-12-22-14-9-20(10-15-22)8-7-18-5-2-3-6-19(18)20/h2-3,5-8,11,16H,4,9-10,12-15H2,1H3. The van der Waals surface area contributed by atoms with E-state index in [-0.39, 0.29) is 0 Å². The van der Waals surface area contributed by atoms with Crippen LogP contribution in [-0.4, -0.2) is 34.1 Å². The largest absolute Gasteiger partial charge is 0.335 e. The van der Waals surface area contributed by atoms with Crippen LogP contribution in [-0.2, 0) is 12.0 Å². The fourth-order valence-corrected chi connectivity index (χ4v) is 4.15. The van der Waals surface area contributed by atoms with Gasteiger partial charge in [0.1, 0.15) is 5.82 Å². The first-order valence-corrected chi connectivity index (χ1v) is 8.76. The lowest BCUT2D eigenvalue weighted by atomic mass is 9.74. The molecule has 1 aromatic heterocycles. The van der Waals surface area contributed by atoms with Gasteiger partial charge in [-0.25, -0.2) is 4.98 Å². The summed E-state index contributed by atoms with van der Waals surface area (Å²) < 4.78 is 2.25. The Bertz CT molecular complexity index is 705. The molecule has 120 valence electrons. The average Bonchev–Trinajstić information content (AvgIpc) is 3.15. The van der Waals surface area contributed by atoms with Crippen molar-refractivity contribution in [3.8, 4) is 0 Å². The molecule has 0 bridgehead atoms. The number of rotatable bonds is 4. The number of benzene rings is 1. The maximum atomic E-state index is 4.29. The monoisotopic (exact) mass is 307 g/mol. The summed E-state index contributed by atoms with van der Waals surface area (Å²) in [6.45, 7) is 6.77. The van der Waals surface area contributed by atoms with Crippen LogP contribution in [0, 0.1) is 6.92 Å². The van der Waals surface area contributed by atoms with Crippen molar-refractivity contribution in [2.75, 3.05) is 19.6 Å². The molecule has 2 heterocycles. The predicted octanol–water partition coefficient (Wildman–Crippen LogP) is 3.64. The van der Waals surface area contributed by atoms with E-state index < -0.39 is 0 Å². The zero-order valence-electron chi connectivity index (χ0n) is 13.9. The minimum Gasteiger partial charge on any atom is -0.335 e. The van der Waals surface area contributed by atoms with Gasteiger partial charge in [-0.2, -0.15) is 0 Å². The molecule has 2 aliphatic rings. The Kier molecular flexibility index (Phi) is 3.82. The van der Waals surface area contributed by atoms with Gasteiger partial charge in [0, 0.05) is 24.4 Å². The highest BCUT2D eigenvalue weighted by Gasteiger charge is 2.37. The molecule has 0 radical (unpaired) electrons. The molecule has 0 amide bonds. The van der Waals surface area contributed by atoms with Crippen molar-refractivity contribution in [1.82, 2.24) is 14.5 Å². The summed E-state index contributed by atoms with van der Waals surface area (Å²) in [6, 6.07) is 8.91. The second kappa shape index (κ2) is 5.97. The molecule has 2 aromatic rings. The maximum Gasteiger partial charge on any atom is 0.105 e. The van der Waals surface area contributed by atoms with E-state index in [4.69, 9.17) is 0 Å². The van der Waals surface area contributed by atoms with Crippen LogP contribution in [0.2, 0.25) is 0 Å². The van der Waals surface area contributed by atoms with E-state index in [0.29, 0.717) is 5.41 Å². The van der Waals surface area contributed by atoms with Gasteiger partial charge in [-0.05, 0) is 56.9 Å². The van der Waals surface area contributed by atoms with Crippen LogP contribution in [0.3, 0.4) is 0 Å². The first-order valence-electron chi connectivity index (χ1n) is 8.76. The van der Waals surface area contributed by atoms with Gasteiger partial charge < -0.3 is 9.47 Å². The van der Waals surface area contributed by atoms with Crippen molar-refractivity contribution in [2.24, 2.45) is 0 Å². The van der Waals surface area contributed by atoms with E-state index >= 15 is 0 Å². The quantitative estimate of drug-likeness (QED) is 0.860. The summed E-state index contributed by atoms with van der Waals surface area (Å²) in [7, 11) is 0. The molecule has 23 heavy (non-hydrogen) atoms. The molecule has 1 fully saturated rings. The molecule has 0 unspecified atom stereocenters. The van der Waals surface area contributed by atoms with Gasteiger partial charge in [-0.3, -0.25) is 0 Å². The molecule has 3 heteroatoms. The number of hydrogen-bond donors (Lipinski definition) is 0. The zero-order valence-corrected chi connectivity index (χ0v) is 13.9. The van der Waals surface area contributed by atoms with Gasteiger partial charge in [0.15, 0.2) is 0 Å². The highest BCUT2D eigenvalue weighted by molar-refractivity contribution is 5.65. The Morgan fingerprint density at radius 3 is 2.74 bits per heavy atom. The third kappa shape index (κ3) is 2.74. The number of aromatic nitrogens is 2. The van der Waals surface area contributed by atoms with Crippen LogP contribution in [0.4, 0.5) is 0 Å². The highest BCUT2D eigenvalue weighted by Crippen LogP contribution is 2.43. The molecule has 1 saturated heterocycles. The van der Waals surface area contributed by atoms with Crippen LogP contribution >= 0.6 is 0 Å².